The molecule has 2 rings (SSSR count). The molecule has 0 radical (unpaired) electrons. The third-order valence-corrected chi connectivity index (χ3v) is 6.20. The van der Waals surface area contributed by atoms with E-state index in [0.717, 1.165) is 17.5 Å². The van der Waals surface area contributed by atoms with Crippen LogP contribution in [0.2, 0.25) is 0 Å². The normalized spacial score (nSPS) is 15.1. The van der Waals surface area contributed by atoms with Crippen LogP contribution in [0.5, 0.6) is 0 Å². The van der Waals surface area contributed by atoms with E-state index in [1.807, 2.05) is 26.0 Å². The van der Waals surface area contributed by atoms with Gasteiger partial charge in [0.25, 0.3) is 0 Å². The van der Waals surface area contributed by atoms with Gasteiger partial charge in [-0.05, 0) is 77.5 Å². The molecular weight excluding hydrogens is 478 g/mol. The monoisotopic (exact) mass is 519 g/mol. The van der Waals surface area contributed by atoms with Crippen molar-refractivity contribution in [1.29, 1.82) is 0 Å². The molecule has 206 valence electrons. The number of ether oxygens (including phenoxy) is 2. The zero-order chi connectivity index (χ0) is 27.8. The van der Waals surface area contributed by atoms with E-state index in [-0.39, 0.29) is 25.6 Å². The van der Waals surface area contributed by atoms with E-state index in [2.05, 4.69) is 10.6 Å². The zero-order valence-corrected chi connectivity index (χ0v) is 22.8. The fourth-order valence-electron chi connectivity index (χ4n) is 3.99. The Morgan fingerprint density at radius 2 is 1.81 bits per heavy atom. The van der Waals surface area contributed by atoms with E-state index in [1.165, 1.54) is 4.90 Å². The van der Waals surface area contributed by atoms with Gasteiger partial charge in [-0.1, -0.05) is 18.2 Å². The Bertz CT molecular complexity index is 969. The summed E-state index contributed by atoms with van der Waals surface area (Å²) in [6.45, 7) is 10.3. The van der Waals surface area contributed by atoms with Gasteiger partial charge in [0, 0.05) is 12.6 Å². The molecule has 1 aromatic carbocycles. The Hall–Kier alpha value is -3.14. The van der Waals surface area contributed by atoms with Gasteiger partial charge in [0.1, 0.15) is 17.7 Å². The molecule has 0 aliphatic heterocycles. The summed E-state index contributed by atoms with van der Waals surface area (Å²) in [5.74, 6) is -1.47. The summed E-state index contributed by atoms with van der Waals surface area (Å²) in [6, 6.07) is 2.98. The van der Waals surface area contributed by atoms with Crippen LogP contribution in [-0.4, -0.2) is 71.3 Å². The molecule has 3 N–H and O–H groups in total. The lowest BCUT2D eigenvalue weighted by molar-refractivity contribution is -0.148. The van der Waals surface area contributed by atoms with Gasteiger partial charge < -0.3 is 30.1 Å². The molecule has 2 atom stereocenters. The number of benzene rings is 1. The lowest BCUT2D eigenvalue weighted by Gasteiger charge is -2.43. The summed E-state index contributed by atoms with van der Waals surface area (Å²) in [5, 5.41) is 15.2. The Kier molecular flexibility index (Phi) is 10.9. The van der Waals surface area contributed by atoms with Gasteiger partial charge in [-0.2, -0.15) is 0 Å². The fourth-order valence-corrected chi connectivity index (χ4v) is 3.99. The summed E-state index contributed by atoms with van der Waals surface area (Å²) in [4.78, 5) is 53.0. The highest BCUT2D eigenvalue weighted by Gasteiger charge is 2.42. The van der Waals surface area contributed by atoms with Crippen molar-refractivity contribution < 1.29 is 33.8 Å². The van der Waals surface area contributed by atoms with Crippen LogP contribution in [0.1, 0.15) is 76.1 Å². The van der Waals surface area contributed by atoms with E-state index in [4.69, 9.17) is 9.47 Å². The van der Waals surface area contributed by atoms with E-state index in [9.17, 15) is 24.3 Å². The van der Waals surface area contributed by atoms with Gasteiger partial charge >= 0.3 is 12.1 Å². The van der Waals surface area contributed by atoms with Gasteiger partial charge in [0.15, 0.2) is 0 Å². The van der Waals surface area contributed by atoms with Crippen molar-refractivity contribution in [3.05, 3.63) is 34.9 Å². The molecule has 1 aromatic rings. The highest BCUT2D eigenvalue weighted by atomic mass is 16.6. The topological polar surface area (TPSA) is 134 Å². The second-order valence-electron chi connectivity index (χ2n) is 10.3. The Morgan fingerprint density at radius 3 is 2.32 bits per heavy atom. The number of alkyl carbamates (subject to hydrolysis) is 1. The maximum atomic E-state index is 13.8. The number of hydrogen-bond acceptors (Lipinski definition) is 7. The maximum absolute atomic E-state index is 13.8. The SMILES string of the molecule is CCOC(=O)CCNC(=O)C(c1ccc(C)c(C)c1)N(C(=O)C(CO)NC(=O)OC(C)(C)C)C1CCC1. The van der Waals surface area contributed by atoms with Crippen LogP contribution in [0.25, 0.3) is 0 Å². The number of carbonyl (C=O) groups is 4. The van der Waals surface area contributed by atoms with Gasteiger partial charge in [-0.25, -0.2) is 4.79 Å². The summed E-state index contributed by atoms with van der Waals surface area (Å²) < 4.78 is 10.2. The molecule has 3 amide bonds. The van der Waals surface area contributed by atoms with Crippen LogP contribution in [-0.2, 0) is 23.9 Å². The highest BCUT2D eigenvalue weighted by Crippen LogP contribution is 2.34. The van der Waals surface area contributed by atoms with Crippen molar-refractivity contribution in [1.82, 2.24) is 15.5 Å². The van der Waals surface area contributed by atoms with Gasteiger partial charge in [-0.15, -0.1) is 0 Å². The minimum atomic E-state index is -1.29. The number of nitrogens with zero attached hydrogens (tertiary/aromatic N) is 1. The third kappa shape index (κ3) is 8.73. The maximum Gasteiger partial charge on any atom is 0.408 e. The summed E-state index contributed by atoms with van der Waals surface area (Å²) in [7, 11) is 0. The first-order chi connectivity index (χ1) is 17.4. The molecule has 0 bridgehead atoms. The number of hydrogen-bond donors (Lipinski definition) is 3. The van der Waals surface area contributed by atoms with E-state index in [0.29, 0.717) is 18.4 Å². The highest BCUT2D eigenvalue weighted by molar-refractivity contribution is 5.92. The summed E-state index contributed by atoms with van der Waals surface area (Å²) in [6.07, 6.45) is 1.43. The van der Waals surface area contributed by atoms with Crippen LogP contribution >= 0.6 is 0 Å². The minimum absolute atomic E-state index is 0.00390. The fraction of sp³-hybridized carbons (Fsp3) is 0.630. The molecule has 1 fully saturated rings. The van der Waals surface area contributed by atoms with Gasteiger partial charge in [0.2, 0.25) is 11.8 Å². The molecule has 1 aliphatic rings. The van der Waals surface area contributed by atoms with Crippen LogP contribution in [0.15, 0.2) is 18.2 Å². The molecule has 10 heteroatoms. The molecule has 10 nitrogen and oxygen atoms in total. The van der Waals surface area contributed by atoms with Crippen molar-refractivity contribution in [2.45, 2.75) is 91.0 Å². The number of aliphatic hydroxyl groups excluding tert-OH is 1. The van der Waals surface area contributed by atoms with E-state index < -0.39 is 48.2 Å². The number of aryl methyl sites for hydroxylation is 2. The predicted octanol–water partition coefficient (Wildman–Crippen LogP) is 2.68. The molecule has 1 saturated carbocycles. The largest absolute Gasteiger partial charge is 0.466 e. The standard InChI is InChI=1S/C27H41N3O7/c1-7-36-22(32)13-14-28-24(33)23(19-12-11-17(2)18(3)15-19)30(20-9-8-10-20)25(34)21(16-31)29-26(35)37-27(4,5)6/h11-12,15,20-21,23,31H,7-10,13-14,16H2,1-6H3,(H,28,33)(H,29,35). The van der Waals surface area contributed by atoms with Crippen molar-refractivity contribution >= 4 is 23.9 Å². The quantitative estimate of drug-likeness (QED) is 0.383. The number of aliphatic hydroxyl groups is 1. The average Bonchev–Trinajstić information content (AvgIpc) is 2.76. The molecule has 0 saturated heterocycles. The smallest absolute Gasteiger partial charge is 0.408 e. The first kappa shape index (κ1) is 30.1. The molecule has 0 heterocycles. The zero-order valence-electron chi connectivity index (χ0n) is 22.8. The van der Waals surface area contributed by atoms with Crippen LogP contribution < -0.4 is 10.6 Å². The van der Waals surface area contributed by atoms with Crippen molar-refractivity contribution in [2.24, 2.45) is 0 Å². The molecule has 0 aromatic heterocycles. The average molecular weight is 520 g/mol. The van der Waals surface area contributed by atoms with Gasteiger partial charge in [-0.3, -0.25) is 14.4 Å². The second kappa shape index (κ2) is 13.4. The number of carbonyl (C=O) groups excluding carboxylic acids is 4. The van der Waals surface area contributed by atoms with Crippen LogP contribution in [0.3, 0.4) is 0 Å². The van der Waals surface area contributed by atoms with E-state index in [1.54, 1.807) is 33.8 Å². The first-order valence-electron chi connectivity index (χ1n) is 12.8. The lowest BCUT2D eigenvalue weighted by Crippen LogP contribution is -2.58. The number of esters is 1. The van der Waals surface area contributed by atoms with E-state index >= 15 is 0 Å². The molecule has 0 spiro atoms. The number of amides is 3. The van der Waals surface area contributed by atoms with Crippen LogP contribution in [0, 0.1) is 13.8 Å². The Morgan fingerprint density at radius 1 is 1.14 bits per heavy atom. The minimum Gasteiger partial charge on any atom is -0.466 e. The summed E-state index contributed by atoms with van der Waals surface area (Å²) in [5.41, 5.74) is 1.80. The molecule has 2 unspecified atom stereocenters. The second-order valence-corrected chi connectivity index (χ2v) is 10.3. The molecular formula is C27H41N3O7. The third-order valence-electron chi connectivity index (χ3n) is 6.20. The van der Waals surface area contributed by atoms with Crippen molar-refractivity contribution in [3.8, 4) is 0 Å². The summed E-state index contributed by atoms with van der Waals surface area (Å²) >= 11 is 0. The van der Waals surface area contributed by atoms with Crippen LogP contribution in [0.4, 0.5) is 4.79 Å². The van der Waals surface area contributed by atoms with Crippen molar-refractivity contribution in [3.63, 3.8) is 0 Å². The number of nitrogens with one attached hydrogen (secondary N) is 2. The lowest BCUT2D eigenvalue weighted by atomic mass is 9.87. The molecule has 37 heavy (non-hydrogen) atoms. The Balaban J connectivity index is 2.38. The number of rotatable bonds is 11. The first-order valence-corrected chi connectivity index (χ1v) is 12.8. The predicted molar refractivity (Wildman–Crippen MR) is 138 cm³/mol. The van der Waals surface area contributed by atoms with Gasteiger partial charge in [0.05, 0.1) is 19.6 Å². The molecule has 1 aliphatic carbocycles. The van der Waals surface area contributed by atoms with Crippen molar-refractivity contribution in [2.75, 3.05) is 19.8 Å². The Labute approximate surface area is 219 Å².